The molecule has 3 rings (SSSR count). The van der Waals surface area contributed by atoms with Gasteiger partial charge in [0.2, 0.25) is 0 Å². The second kappa shape index (κ2) is 7.72. The number of likely N-dealkylation sites (tertiary alicyclic amines) is 1. The highest BCUT2D eigenvalue weighted by atomic mass is 35.5. The molecule has 1 aliphatic rings. The van der Waals surface area contributed by atoms with Gasteiger partial charge in [-0.1, -0.05) is 25.1 Å². The molecule has 2 heterocycles. The highest BCUT2D eigenvalue weighted by Crippen LogP contribution is 2.23. The zero-order valence-corrected chi connectivity index (χ0v) is 13.7. The Hall–Kier alpha value is -1.43. The van der Waals surface area contributed by atoms with Crippen molar-refractivity contribution in [2.24, 2.45) is 11.7 Å². The first kappa shape index (κ1) is 16.9. The van der Waals surface area contributed by atoms with Crippen molar-refractivity contribution in [2.75, 3.05) is 13.1 Å². The third-order valence-electron chi connectivity index (χ3n) is 4.36. The monoisotopic (exact) mass is 321 g/mol. The number of nitrogens with two attached hydrogens (primary N) is 1. The van der Waals surface area contributed by atoms with Crippen molar-refractivity contribution in [2.45, 2.75) is 32.4 Å². The largest absolute Gasteiger partial charge is 0.329 e. The summed E-state index contributed by atoms with van der Waals surface area (Å²) >= 11 is 0. The number of halogens is 1. The van der Waals surface area contributed by atoms with E-state index in [-0.39, 0.29) is 12.4 Å². The fraction of sp³-hybridized carbons (Fsp3) is 0.500. The van der Waals surface area contributed by atoms with Crippen molar-refractivity contribution < 1.29 is 0 Å². The first-order chi connectivity index (χ1) is 10.3. The molecule has 0 bridgehead atoms. The zero-order valence-electron chi connectivity index (χ0n) is 12.9. The fourth-order valence-electron chi connectivity index (χ4n) is 3.17. The van der Waals surface area contributed by atoms with E-state index in [2.05, 4.69) is 22.0 Å². The van der Waals surface area contributed by atoms with Crippen LogP contribution in [0.25, 0.3) is 5.69 Å². The van der Waals surface area contributed by atoms with Gasteiger partial charge in [-0.3, -0.25) is 4.90 Å². The molecule has 0 spiro atoms. The summed E-state index contributed by atoms with van der Waals surface area (Å²) in [5, 5.41) is 8.96. The van der Waals surface area contributed by atoms with E-state index in [1.54, 1.807) is 4.80 Å². The normalized spacial score (nSPS) is 22.3. The Bertz CT molecular complexity index is 571. The van der Waals surface area contributed by atoms with Gasteiger partial charge in [-0.2, -0.15) is 15.0 Å². The van der Waals surface area contributed by atoms with Crippen molar-refractivity contribution in [3.05, 3.63) is 42.2 Å². The third-order valence-corrected chi connectivity index (χ3v) is 4.36. The van der Waals surface area contributed by atoms with Crippen LogP contribution in [0.3, 0.4) is 0 Å². The van der Waals surface area contributed by atoms with Gasteiger partial charge in [0.25, 0.3) is 0 Å². The fourth-order valence-corrected chi connectivity index (χ4v) is 3.17. The molecular weight excluding hydrogens is 298 g/mol. The zero-order chi connectivity index (χ0) is 14.7. The van der Waals surface area contributed by atoms with Crippen LogP contribution in [0.4, 0.5) is 0 Å². The van der Waals surface area contributed by atoms with Crippen LogP contribution < -0.4 is 5.73 Å². The summed E-state index contributed by atoms with van der Waals surface area (Å²) < 4.78 is 0. The molecule has 1 saturated heterocycles. The molecule has 0 amide bonds. The van der Waals surface area contributed by atoms with Crippen molar-refractivity contribution in [3.8, 4) is 5.69 Å². The maximum Gasteiger partial charge on any atom is 0.0971 e. The van der Waals surface area contributed by atoms with E-state index < -0.39 is 0 Å². The first-order valence-corrected chi connectivity index (χ1v) is 7.68. The van der Waals surface area contributed by atoms with Gasteiger partial charge in [-0.05, 0) is 37.4 Å². The number of para-hydroxylation sites is 1. The van der Waals surface area contributed by atoms with Crippen LogP contribution in [-0.4, -0.2) is 39.0 Å². The van der Waals surface area contributed by atoms with E-state index >= 15 is 0 Å². The molecule has 2 unspecified atom stereocenters. The topological polar surface area (TPSA) is 60.0 Å². The van der Waals surface area contributed by atoms with E-state index in [4.69, 9.17) is 5.73 Å². The van der Waals surface area contributed by atoms with Crippen molar-refractivity contribution in [3.63, 3.8) is 0 Å². The molecule has 0 saturated carbocycles. The summed E-state index contributed by atoms with van der Waals surface area (Å²) in [7, 11) is 0. The Morgan fingerprint density at radius 1 is 1.27 bits per heavy atom. The van der Waals surface area contributed by atoms with Gasteiger partial charge < -0.3 is 5.73 Å². The molecule has 1 aromatic heterocycles. The lowest BCUT2D eigenvalue weighted by Gasteiger charge is -2.38. The van der Waals surface area contributed by atoms with Gasteiger partial charge >= 0.3 is 0 Å². The van der Waals surface area contributed by atoms with E-state index in [9.17, 15) is 0 Å². The van der Waals surface area contributed by atoms with Crippen LogP contribution in [-0.2, 0) is 6.54 Å². The van der Waals surface area contributed by atoms with Gasteiger partial charge in [-0.25, -0.2) is 0 Å². The smallest absolute Gasteiger partial charge is 0.0971 e. The SMILES string of the molecule is CC1CCCN(Cc2cnn(-c3ccccc3)n2)C1CN.Cl. The van der Waals surface area contributed by atoms with E-state index in [1.165, 1.54) is 12.8 Å². The molecule has 1 aromatic carbocycles. The highest BCUT2D eigenvalue weighted by Gasteiger charge is 2.27. The predicted molar refractivity (Wildman–Crippen MR) is 90.3 cm³/mol. The van der Waals surface area contributed by atoms with Crippen LogP contribution in [0, 0.1) is 5.92 Å². The lowest BCUT2D eigenvalue weighted by atomic mass is 9.91. The summed E-state index contributed by atoms with van der Waals surface area (Å²) in [6.45, 7) is 4.95. The lowest BCUT2D eigenvalue weighted by Crippen LogP contribution is -2.48. The van der Waals surface area contributed by atoms with Crippen LogP contribution in [0.15, 0.2) is 36.5 Å². The average Bonchev–Trinajstić information content (AvgIpc) is 2.97. The van der Waals surface area contributed by atoms with Gasteiger partial charge in [0, 0.05) is 19.1 Å². The van der Waals surface area contributed by atoms with E-state index in [1.807, 2.05) is 36.5 Å². The molecule has 6 heteroatoms. The summed E-state index contributed by atoms with van der Waals surface area (Å²) in [5.41, 5.74) is 7.95. The Morgan fingerprint density at radius 2 is 2.05 bits per heavy atom. The quantitative estimate of drug-likeness (QED) is 0.938. The molecule has 2 N–H and O–H groups in total. The number of aromatic nitrogens is 3. The molecule has 0 radical (unpaired) electrons. The minimum atomic E-state index is 0. The minimum Gasteiger partial charge on any atom is -0.329 e. The van der Waals surface area contributed by atoms with Crippen LogP contribution >= 0.6 is 12.4 Å². The Balaban J connectivity index is 0.00000176. The standard InChI is InChI=1S/C16H23N5.ClH/c1-13-6-5-9-20(16(13)10-17)12-14-11-18-21(19-14)15-7-3-2-4-8-15;/h2-4,7-8,11,13,16H,5-6,9-10,12,17H2,1H3;1H. The van der Waals surface area contributed by atoms with Crippen molar-refractivity contribution >= 4 is 12.4 Å². The van der Waals surface area contributed by atoms with Crippen LogP contribution in [0.2, 0.25) is 0 Å². The maximum absolute atomic E-state index is 5.95. The average molecular weight is 322 g/mol. The first-order valence-electron chi connectivity index (χ1n) is 7.68. The summed E-state index contributed by atoms with van der Waals surface area (Å²) in [6, 6.07) is 10.5. The van der Waals surface area contributed by atoms with Gasteiger partial charge in [0.05, 0.1) is 17.6 Å². The van der Waals surface area contributed by atoms with Crippen LogP contribution in [0.1, 0.15) is 25.5 Å². The minimum absolute atomic E-state index is 0. The molecular formula is C16H24ClN5. The molecule has 2 atom stereocenters. The summed E-state index contributed by atoms with van der Waals surface area (Å²) in [4.78, 5) is 4.15. The third kappa shape index (κ3) is 3.66. The lowest BCUT2D eigenvalue weighted by molar-refractivity contribution is 0.0976. The van der Waals surface area contributed by atoms with Gasteiger partial charge in [0.1, 0.15) is 0 Å². The molecule has 0 aliphatic carbocycles. The molecule has 1 fully saturated rings. The Labute approximate surface area is 137 Å². The second-order valence-corrected chi connectivity index (χ2v) is 5.85. The van der Waals surface area contributed by atoms with Gasteiger partial charge in [-0.15, -0.1) is 12.4 Å². The Kier molecular flexibility index (Phi) is 5.94. The number of hydrogen-bond donors (Lipinski definition) is 1. The Morgan fingerprint density at radius 3 is 2.77 bits per heavy atom. The number of benzene rings is 1. The summed E-state index contributed by atoms with van der Waals surface area (Å²) in [6.07, 6.45) is 4.37. The number of piperidine rings is 1. The summed E-state index contributed by atoms with van der Waals surface area (Å²) in [5.74, 6) is 0.660. The number of hydrogen-bond acceptors (Lipinski definition) is 4. The van der Waals surface area contributed by atoms with E-state index in [0.717, 1.165) is 24.5 Å². The molecule has 2 aromatic rings. The molecule has 22 heavy (non-hydrogen) atoms. The van der Waals surface area contributed by atoms with Crippen LogP contribution in [0.5, 0.6) is 0 Å². The maximum atomic E-state index is 5.95. The van der Waals surface area contributed by atoms with E-state index in [0.29, 0.717) is 18.5 Å². The number of nitrogens with zero attached hydrogens (tertiary/aromatic N) is 4. The second-order valence-electron chi connectivity index (χ2n) is 5.85. The molecule has 120 valence electrons. The van der Waals surface area contributed by atoms with Crippen molar-refractivity contribution in [1.82, 2.24) is 19.9 Å². The van der Waals surface area contributed by atoms with Crippen molar-refractivity contribution in [1.29, 1.82) is 0 Å². The number of rotatable bonds is 4. The highest BCUT2D eigenvalue weighted by molar-refractivity contribution is 5.85. The molecule has 1 aliphatic heterocycles. The molecule has 5 nitrogen and oxygen atoms in total. The predicted octanol–water partition coefficient (Wildman–Crippen LogP) is 2.25. The van der Waals surface area contributed by atoms with Gasteiger partial charge in [0.15, 0.2) is 0 Å².